The number of anilines is 1. The van der Waals surface area contributed by atoms with Gasteiger partial charge in [0.05, 0.1) is 4.34 Å². The number of rotatable bonds is 0. The molecular formula is C8H5BrClNS. The van der Waals surface area contributed by atoms with Crippen molar-refractivity contribution in [3.63, 3.8) is 0 Å². The summed E-state index contributed by atoms with van der Waals surface area (Å²) in [5, 5.41) is 1.13. The molecule has 1 heterocycles. The predicted octanol–water partition coefficient (Wildman–Crippen LogP) is 3.90. The Hall–Kier alpha value is -0.250. The van der Waals surface area contributed by atoms with Gasteiger partial charge in [-0.25, -0.2) is 0 Å². The highest BCUT2D eigenvalue weighted by molar-refractivity contribution is 9.10. The number of nitrogens with two attached hydrogens (primary N) is 1. The number of nitrogen functional groups attached to an aromatic ring is 1. The van der Waals surface area contributed by atoms with Crippen molar-refractivity contribution in [1.82, 2.24) is 0 Å². The summed E-state index contributed by atoms with van der Waals surface area (Å²) in [7, 11) is 0. The minimum absolute atomic E-state index is 0.751. The Kier molecular flexibility index (Phi) is 2.02. The highest BCUT2D eigenvalue weighted by atomic mass is 79.9. The average Bonchev–Trinajstić information content (AvgIpc) is 2.30. The molecule has 62 valence electrons. The lowest BCUT2D eigenvalue weighted by molar-refractivity contribution is 1.72. The van der Waals surface area contributed by atoms with E-state index in [9.17, 15) is 0 Å². The van der Waals surface area contributed by atoms with Crippen LogP contribution in [0.4, 0.5) is 5.69 Å². The molecule has 0 unspecified atom stereocenters. The zero-order valence-corrected chi connectivity index (χ0v) is 9.13. The van der Waals surface area contributed by atoms with Crippen LogP contribution in [-0.4, -0.2) is 0 Å². The Morgan fingerprint density at radius 2 is 2.08 bits per heavy atom. The average molecular weight is 263 g/mol. The summed E-state index contributed by atoms with van der Waals surface area (Å²) in [4.78, 5) is 0. The molecule has 1 aromatic heterocycles. The lowest BCUT2D eigenvalue weighted by atomic mass is 10.2. The van der Waals surface area contributed by atoms with Crippen LogP contribution in [-0.2, 0) is 0 Å². The number of halogens is 2. The summed E-state index contributed by atoms with van der Waals surface area (Å²) in [6.07, 6.45) is 0. The zero-order valence-electron chi connectivity index (χ0n) is 5.97. The first kappa shape index (κ1) is 8.35. The molecule has 0 radical (unpaired) electrons. The van der Waals surface area contributed by atoms with E-state index in [2.05, 4.69) is 15.9 Å². The Morgan fingerprint density at radius 3 is 2.83 bits per heavy atom. The molecule has 0 saturated heterocycles. The van der Waals surface area contributed by atoms with Crippen molar-refractivity contribution >= 4 is 54.6 Å². The molecule has 2 N–H and O–H groups in total. The van der Waals surface area contributed by atoms with Crippen molar-refractivity contribution in [3.8, 4) is 0 Å². The zero-order chi connectivity index (χ0) is 8.72. The van der Waals surface area contributed by atoms with Crippen LogP contribution in [0.15, 0.2) is 22.7 Å². The van der Waals surface area contributed by atoms with Gasteiger partial charge in [0.2, 0.25) is 0 Å². The molecule has 0 aliphatic heterocycles. The third-order valence-electron chi connectivity index (χ3n) is 1.61. The largest absolute Gasteiger partial charge is 0.398 e. The minimum atomic E-state index is 0.751. The van der Waals surface area contributed by atoms with Gasteiger partial charge in [-0.3, -0.25) is 0 Å². The van der Waals surface area contributed by atoms with Crippen molar-refractivity contribution in [2.24, 2.45) is 0 Å². The molecule has 0 atom stereocenters. The molecule has 0 bridgehead atoms. The molecule has 1 nitrogen and oxygen atoms in total. The normalized spacial score (nSPS) is 10.8. The quantitative estimate of drug-likeness (QED) is 0.716. The first-order valence-electron chi connectivity index (χ1n) is 3.31. The standard InChI is InChI=1S/C8H5BrClNS/c9-5-1-4-2-8(10)12-7(4)3-6(5)11/h1-3H,11H2. The first-order chi connectivity index (χ1) is 5.66. The van der Waals surface area contributed by atoms with Crippen LogP contribution in [0.2, 0.25) is 4.34 Å². The van der Waals surface area contributed by atoms with E-state index in [0.717, 1.165) is 24.6 Å². The van der Waals surface area contributed by atoms with Crippen LogP contribution in [0, 0.1) is 0 Å². The fourth-order valence-corrected chi connectivity index (χ4v) is 2.59. The second kappa shape index (κ2) is 2.91. The fraction of sp³-hybridized carbons (Fsp3) is 0. The van der Waals surface area contributed by atoms with Gasteiger partial charge in [0.1, 0.15) is 0 Å². The van der Waals surface area contributed by atoms with Gasteiger partial charge in [-0.2, -0.15) is 0 Å². The summed E-state index contributed by atoms with van der Waals surface area (Å²) < 4.78 is 2.84. The maximum absolute atomic E-state index is 5.85. The van der Waals surface area contributed by atoms with E-state index in [1.807, 2.05) is 18.2 Å². The van der Waals surface area contributed by atoms with E-state index in [-0.39, 0.29) is 0 Å². The van der Waals surface area contributed by atoms with Gasteiger partial charge in [0.15, 0.2) is 0 Å². The van der Waals surface area contributed by atoms with Crippen molar-refractivity contribution in [3.05, 3.63) is 27.0 Å². The number of benzene rings is 1. The number of hydrogen-bond donors (Lipinski definition) is 1. The Morgan fingerprint density at radius 1 is 1.33 bits per heavy atom. The van der Waals surface area contributed by atoms with Gasteiger partial charge in [0, 0.05) is 14.9 Å². The fourth-order valence-electron chi connectivity index (χ4n) is 1.04. The summed E-state index contributed by atoms with van der Waals surface area (Å²) in [5.41, 5.74) is 6.46. The van der Waals surface area contributed by atoms with Gasteiger partial charge in [0.25, 0.3) is 0 Å². The van der Waals surface area contributed by atoms with Crippen LogP contribution < -0.4 is 5.73 Å². The minimum Gasteiger partial charge on any atom is -0.398 e. The molecule has 0 aliphatic rings. The SMILES string of the molecule is Nc1cc2sc(Cl)cc2cc1Br. The van der Waals surface area contributed by atoms with Crippen LogP contribution in [0.1, 0.15) is 0 Å². The molecule has 2 aromatic rings. The molecular weight excluding hydrogens is 258 g/mol. The Balaban J connectivity index is 2.83. The number of hydrogen-bond acceptors (Lipinski definition) is 2. The van der Waals surface area contributed by atoms with Gasteiger partial charge in [-0.05, 0) is 39.5 Å². The molecule has 2 rings (SSSR count). The smallest absolute Gasteiger partial charge is 0.0940 e. The maximum Gasteiger partial charge on any atom is 0.0940 e. The highest BCUT2D eigenvalue weighted by Crippen LogP contribution is 2.34. The molecule has 0 amide bonds. The van der Waals surface area contributed by atoms with E-state index >= 15 is 0 Å². The molecule has 12 heavy (non-hydrogen) atoms. The van der Waals surface area contributed by atoms with Gasteiger partial charge in [-0.1, -0.05) is 11.6 Å². The third-order valence-corrected chi connectivity index (χ3v) is 3.52. The van der Waals surface area contributed by atoms with Crippen molar-refractivity contribution in [1.29, 1.82) is 0 Å². The van der Waals surface area contributed by atoms with Crippen molar-refractivity contribution < 1.29 is 0 Å². The Bertz CT molecular complexity index is 399. The summed E-state index contributed by atoms with van der Waals surface area (Å²) >= 11 is 10.8. The van der Waals surface area contributed by atoms with Crippen molar-refractivity contribution in [2.75, 3.05) is 5.73 Å². The molecule has 1 aromatic carbocycles. The summed E-state index contributed by atoms with van der Waals surface area (Å²) in [5.74, 6) is 0. The number of thiophene rings is 1. The molecule has 0 fully saturated rings. The number of fused-ring (bicyclic) bond motifs is 1. The van der Waals surface area contributed by atoms with Crippen LogP contribution in [0.5, 0.6) is 0 Å². The molecule has 0 aliphatic carbocycles. The lowest BCUT2D eigenvalue weighted by Crippen LogP contribution is -1.84. The van der Waals surface area contributed by atoms with Crippen LogP contribution >= 0.6 is 38.9 Å². The van der Waals surface area contributed by atoms with E-state index in [1.54, 1.807) is 0 Å². The van der Waals surface area contributed by atoms with E-state index in [0.29, 0.717) is 0 Å². The van der Waals surface area contributed by atoms with E-state index in [4.69, 9.17) is 17.3 Å². The van der Waals surface area contributed by atoms with Crippen molar-refractivity contribution in [2.45, 2.75) is 0 Å². The topological polar surface area (TPSA) is 26.0 Å². The van der Waals surface area contributed by atoms with E-state index in [1.165, 1.54) is 11.3 Å². The monoisotopic (exact) mass is 261 g/mol. The van der Waals surface area contributed by atoms with Gasteiger partial charge >= 0.3 is 0 Å². The molecule has 0 saturated carbocycles. The second-order valence-electron chi connectivity index (χ2n) is 2.46. The molecule has 0 spiro atoms. The highest BCUT2D eigenvalue weighted by Gasteiger charge is 2.02. The van der Waals surface area contributed by atoms with Gasteiger partial charge < -0.3 is 5.73 Å². The van der Waals surface area contributed by atoms with Crippen LogP contribution in [0.3, 0.4) is 0 Å². The maximum atomic E-state index is 5.85. The summed E-state index contributed by atoms with van der Waals surface area (Å²) in [6, 6.07) is 5.84. The Labute approximate surface area is 87.3 Å². The third kappa shape index (κ3) is 1.32. The predicted molar refractivity (Wildman–Crippen MR) is 58.9 cm³/mol. The molecule has 4 heteroatoms. The lowest BCUT2D eigenvalue weighted by Gasteiger charge is -1.96. The second-order valence-corrected chi connectivity index (χ2v) is 5.03. The van der Waals surface area contributed by atoms with Crippen LogP contribution in [0.25, 0.3) is 10.1 Å². The van der Waals surface area contributed by atoms with E-state index < -0.39 is 0 Å². The summed E-state index contributed by atoms with van der Waals surface area (Å²) in [6.45, 7) is 0. The first-order valence-corrected chi connectivity index (χ1v) is 5.29. The van der Waals surface area contributed by atoms with Gasteiger partial charge in [-0.15, -0.1) is 11.3 Å².